The summed E-state index contributed by atoms with van der Waals surface area (Å²) < 4.78 is 9.97. The van der Waals surface area contributed by atoms with Crippen LogP contribution in [0.15, 0.2) is 73.8 Å². The number of esters is 2. The van der Waals surface area contributed by atoms with Crippen LogP contribution in [0, 0.1) is 0 Å². The Labute approximate surface area is 291 Å². The molecule has 10 nitrogen and oxygen atoms in total. The Bertz CT molecular complexity index is 1890. The number of carbonyl (C=O) groups is 6. The van der Waals surface area contributed by atoms with Crippen molar-refractivity contribution in [1.29, 1.82) is 0 Å². The molecule has 0 N–H and O–H groups in total. The maximum absolute atomic E-state index is 13.4. The van der Waals surface area contributed by atoms with Crippen molar-refractivity contribution in [3.8, 4) is 0 Å². The number of nitrogens with zero attached hydrogens (tertiary/aromatic N) is 2. The van der Waals surface area contributed by atoms with E-state index in [0.29, 0.717) is 21.5 Å². The molecule has 0 saturated heterocycles. The fourth-order valence-corrected chi connectivity index (χ4v) is 5.98. The summed E-state index contributed by atoms with van der Waals surface area (Å²) in [6, 6.07) is 13.6. The topological polar surface area (TPSA) is 127 Å². The molecule has 5 aromatic rings. The standard InChI is InChI=1S/C32H18N2O8.4C2H6/c1-3-23(35)41-13-33-29(37)19-9-5-15-17-7-11-21-28-22(32(40)34(31(21)39)14-42-24(36)4-2)12-8-18(26(17)28)16-6-10-20(30(33)38)27(19)25(15)16;4*1-2/h3-12H,1-2,13-14H2;4*1-2H3. The first kappa shape index (κ1) is 38.5. The SMILES string of the molecule is C=CC(=O)OCN1C(=O)c2ccc3c4ccc5c6c(ccc(c7ccc(c2c37)C1=O)c64)C(=O)N(COC(=O)C=C)C5=O.CC.CC.CC.CC. The van der Waals surface area contributed by atoms with Crippen LogP contribution in [0.4, 0.5) is 0 Å². The predicted octanol–water partition coefficient (Wildman–Crippen LogP) is 8.41. The van der Waals surface area contributed by atoms with Gasteiger partial charge in [0, 0.05) is 45.2 Å². The van der Waals surface area contributed by atoms with Gasteiger partial charge in [-0.1, -0.05) is 92.8 Å². The van der Waals surface area contributed by atoms with Gasteiger partial charge in [-0.05, 0) is 56.6 Å². The molecular formula is C40H42N2O8. The molecule has 50 heavy (non-hydrogen) atoms. The van der Waals surface area contributed by atoms with Crippen molar-refractivity contribution in [3.05, 3.63) is 96.1 Å². The summed E-state index contributed by atoms with van der Waals surface area (Å²) in [7, 11) is 0. The van der Waals surface area contributed by atoms with Crippen molar-refractivity contribution in [2.75, 3.05) is 13.5 Å². The molecule has 0 radical (unpaired) electrons. The summed E-state index contributed by atoms with van der Waals surface area (Å²) in [6.45, 7) is 21.6. The molecule has 0 saturated carbocycles. The summed E-state index contributed by atoms with van der Waals surface area (Å²) in [5, 5.41) is 5.27. The zero-order valence-electron chi connectivity index (χ0n) is 29.8. The zero-order chi connectivity index (χ0) is 37.4. The third-order valence-corrected chi connectivity index (χ3v) is 7.81. The van der Waals surface area contributed by atoms with Crippen LogP contribution < -0.4 is 0 Å². The summed E-state index contributed by atoms with van der Waals surface area (Å²) in [5.41, 5.74) is 1.13. The molecule has 0 fully saturated rings. The van der Waals surface area contributed by atoms with Gasteiger partial charge in [-0.15, -0.1) is 0 Å². The molecule has 5 aromatic carbocycles. The van der Waals surface area contributed by atoms with Crippen molar-refractivity contribution in [2.24, 2.45) is 0 Å². The molecule has 0 unspecified atom stereocenters. The molecular weight excluding hydrogens is 636 g/mol. The number of amides is 4. The van der Waals surface area contributed by atoms with Gasteiger partial charge >= 0.3 is 11.9 Å². The minimum atomic E-state index is -0.763. The van der Waals surface area contributed by atoms with E-state index in [1.807, 2.05) is 55.4 Å². The van der Waals surface area contributed by atoms with Crippen LogP contribution in [0.25, 0.3) is 43.1 Å². The molecule has 0 spiro atoms. The maximum Gasteiger partial charge on any atom is 0.331 e. The van der Waals surface area contributed by atoms with Gasteiger partial charge in [-0.2, -0.15) is 0 Å². The molecule has 2 aliphatic heterocycles. The lowest BCUT2D eigenvalue weighted by Crippen LogP contribution is -2.42. The van der Waals surface area contributed by atoms with Gasteiger partial charge in [0.25, 0.3) is 23.6 Å². The van der Waals surface area contributed by atoms with Crippen LogP contribution in [0.1, 0.15) is 96.8 Å². The number of carbonyl (C=O) groups excluding carboxylic acids is 6. The van der Waals surface area contributed by atoms with Crippen molar-refractivity contribution in [3.63, 3.8) is 0 Å². The highest BCUT2D eigenvalue weighted by Crippen LogP contribution is 2.46. The van der Waals surface area contributed by atoms with E-state index in [1.54, 1.807) is 48.5 Å². The van der Waals surface area contributed by atoms with Gasteiger partial charge in [-0.3, -0.25) is 19.2 Å². The number of imide groups is 2. The van der Waals surface area contributed by atoms with E-state index in [-0.39, 0.29) is 22.3 Å². The van der Waals surface area contributed by atoms with Crippen LogP contribution >= 0.6 is 0 Å². The summed E-state index contributed by atoms with van der Waals surface area (Å²) >= 11 is 0. The van der Waals surface area contributed by atoms with E-state index in [4.69, 9.17) is 9.47 Å². The highest BCUT2D eigenvalue weighted by atomic mass is 16.5. The quantitative estimate of drug-likeness (QED) is 0.0576. The summed E-state index contributed by atoms with van der Waals surface area (Å²) in [6.07, 6.45) is 1.89. The van der Waals surface area contributed by atoms with E-state index in [1.165, 1.54) is 0 Å². The van der Waals surface area contributed by atoms with E-state index in [0.717, 1.165) is 43.5 Å². The molecule has 0 atom stereocenters. The molecule has 2 heterocycles. The van der Waals surface area contributed by atoms with Crippen molar-refractivity contribution < 1.29 is 38.2 Å². The summed E-state index contributed by atoms with van der Waals surface area (Å²) in [5.74, 6) is -3.92. The number of rotatable bonds is 6. The first-order valence-electron chi connectivity index (χ1n) is 16.8. The fourth-order valence-electron chi connectivity index (χ4n) is 5.98. The van der Waals surface area contributed by atoms with Crippen LogP contribution in [0.2, 0.25) is 0 Å². The molecule has 260 valence electrons. The van der Waals surface area contributed by atoms with Crippen LogP contribution in [-0.4, -0.2) is 58.8 Å². The molecule has 2 aliphatic rings. The van der Waals surface area contributed by atoms with Crippen LogP contribution in [0.5, 0.6) is 0 Å². The molecule has 0 aliphatic carbocycles. The third-order valence-electron chi connectivity index (χ3n) is 7.81. The Balaban J connectivity index is 0.000000791. The Hall–Kier alpha value is -5.90. The number of fused-ring (bicyclic) bond motifs is 2. The number of hydrogen-bond acceptors (Lipinski definition) is 8. The van der Waals surface area contributed by atoms with Gasteiger partial charge in [-0.25, -0.2) is 19.4 Å². The lowest BCUT2D eigenvalue weighted by molar-refractivity contribution is -0.141. The lowest BCUT2D eigenvalue weighted by atomic mass is 9.82. The predicted molar refractivity (Wildman–Crippen MR) is 196 cm³/mol. The second-order valence-electron chi connectivity index (χ2n) is 9.81. The lowest BCUT2D eigenvalue weighted by Gasteiger charge is -2.29. The molecule has 0 bridgehead atoms. The van der Waals surface area contributed by atoms with Gasteiger partial charge in [0.05, 0.1) is 0 Å². The second kappa shape index (κ2) is 16.5. The third kappa shape index (κ3) is 6.09. The summed E-state index contributed by atoms with van der Waals surface area (Å²) in [4.78, 5) is 78.6. The Morgan fingerprint density at radius 3 is 0.940 bits per heavy atom. The molecule has 4 amide bonds. The molecule has 10 heteroatoms. The van der Waals surface area contributed by atoms with Crippen LogP contribution in [0.3, 0.4) is 0 Å². The van der Waals surface area contributed by atoms with E-state index in [2.05, 4.69) is 13.2 Å². The van der Waals surface area contributed by atoms with Gasteiger partial charge in [0.1, 0.15) is 0 Å². The number of benzene rings is 5. The average molecular weight is 679 g/mol. The van der Waals surface area contributed by atoms with E-state index < -0.39 is 49.0 Å². The van der Waals surface area contributed by atoms with Crippen molar-refractivity contribution >= 4 is 78.7 Å². The highest BCUT2D eigenvalue weighted by molar-refractivity contribution is 6.41. The van der Waals surface area contributed by atoms with E-state index in [9.17, 15) is 28.8 Å². The largest absolute Gasteiger partial charge is 0.441 e. The Morgan fingerprint density at radius 2 is 0.720 bits per heavy atom. The molecule has 0 aromatic heterocycles. The fraction of sp³-hybridized carbons (Fsp3) is 0.250. The number of ether oxygens (including phenoxy) is 2. The average Bonchev–Trinajstić information content (AvgIpc) is 3.18. The second-order valence-corrected chi connectivity index (χ2v) is 9.81. The normalized spacial score (nSPS) is 12.6. The van der Waals surface area contributed by atoms with Gasteiger partial charge < -0.3 is 9.47 Å². The molecule has 7 rings (SSSR count). The van der Waals surface area contributed by atoms with E-state index >= 15 is 0 Å². The Kier molecular flexibility index (Phi) is 12.7. The first-order chi connectivity index (χ1) is 24.3. The Morgan fingerprint density at radius 1 is 0.480 bits per heavy atom. The zero-order valence-corrected chi connectivity index (χ0v) is 29.8. The maximum atomic E-state index is 13.4. The van der Waals surface area contributed by atoms with Crippen molar-refractivity contribution in [1.82, 2.24) is 9.80 Å². The highest BCUT2D eigenvalue weighted by Gasteiger charge is 2.37. The number of hydrogen-bond donors (Lipinski definition) is 0. The minimum absolute atomic E-state index is 0.281. The minimum Gasteiger partial charge on any atom is -0.441 e. The van der Waals surface area contributed by atoms with Gasteiger partial charge in [0.15, 0.2) is 13.5 Å². The van der Waals surface area contributed by atoms with Crippen LogP contribution in [-0.2, 0) is 19.1 Å². The monoisotopic (exact) mass is 678 g/mol. The smallest absolute Gasteiger partial charge is 0.331 e. The van der Waals surface area contributed by atoms with Crippen molar-refractivity contribution in [2.45, 2.75) is 55.4 Å². The first-order valence-corrected chi connectivity index (χ1v) is 16.8. The van der Waals surface area contributed by atoms with Gasteiger partial charge in [0.2, 0.25) is 0 Å².